The number of hydrogen-bond acceptors (Lipinski definition) is 10. The summed E-state index contributed by atoms with van der Waals surface area (Å²) in [5.74, 6) is 0.00576. The van der Waals surface area contributed by atoms with Gasteiger partial charge in [0.1, 0.15) is 6.17 Å². The normalized spacial score (nSPS) is 24.2. The number of morpholine rings is 1. The number of piperazine rings is 1. The molecule has 0 spiro atoms. The third-order valence-corrected chi connectivity index (χ3v) is 6.83. The van der Waals surface area contributed by atoms with E-state index < -0.39 is 6.17 Å². The van der Waals surface area contributed by atoms with Crippen LogP contribution in [0.5, 0.6) is 0 Å². The van der Waals surface area contributed by atoms with Crippen LogP contribution in [0.2, 0.25) is 0 Å². The number of benzene rings is 1. The van der Waals surface area contributed by atoms with E-state index in [1.165, 1.54) is 0 Å². The molecule has 3 aliphatic heterocycles. The predicted molar refractivity (Wildman–Crippen MR) is 125 cm³/mol. The van der Waals surface area contributed by atoms with Crippen LogP contribution in [0.3, 0.4) is 0 Å². The number of ether oxygens (including phenoxy) is 1. The zero-order chi connectivity index (χ0) is 23.9. The Morgan fingerprint density at radius 2 is 1.71 bits per heavy atom. The monoisotopic (exact) mass is 477 g/mol. The molecule has 11 nitrogen and oxygen atoms in total. The van der Waals surface area contributed by atoms with Gasteiger partial charge in [-0.05, 0) is 48.9 Å². The van der Waals surface area contributed by atoms with E-state index in [1.54, 1.807) is 5.01 Å². The van der Waals surface area contributed by atoms with Gasteiger partial charge in [0.2, 0.25) is 0 Å². The van der Waals surface area contributed by atoms with Gasteiger partial charge in [-0.3, -0.25) is 25.0 Å². The summed E-state index contributed by atoms with van der Waals surface area (Å²) in [5.41, 5.74) is 3.80. The number of hydroxylamine groups is 1. The summed E-state index contributed by atoms with van der Waals surface area (Å²) in [7, 11) is 0. The van der Waals surface area contributed by atoms with Gasteiger partial charge < -0.3 is 9.64 Å². The van der Waals surface area contributed by atoms with Crippen molar-refractivity contribution in [2.45, 2.75) is 32.4 Å². The molecule has 0 aliphatic carbocycles. The Labute approximate surface area is 201 Å². The Hall–Kier alpha value is -1.67. The number of rotatable bonds is 9. The number of unbranched alkanes of at least 4 members (excludes halogenated alkanes) is 1. The Kier molecular flexibility index (Phi) is 9.23. The molecule has 3 aliphatic rings. The van der Waals surface area contributed by atoms with Crippen molar-refractivity contribution in [2.75, 3.05) is 72.1 Å². The van der Waals surface area contributed by atoms with Crippen LogP contribution in [-0.2, 0) is 4.74 Å². The maximum absolute atomic E-state index is 13.2. The fourth-order valence-corrected chi connectivity index (χ4v) is 4.82. The maximum atomic E-state index is 13.2. The molecular formula is C23H39N7O4. The molecule has 3 fully saturated rings. The molecule has 0 bridgehead atoms. The highest BCUT2D eigenvalue weighted by Gasteiger charge is 2.38. The third-order valence-electron chi connectivity index (χ3n) is 6.83. The molecule has 1 aromatic rings. The van der Waals surface area contributed by atoms with Gasteiger partial charge in [-0.25, -0.2) is 0 Å². The molecule has 3 saturated heterocycles. The Balaban J connectivity index is 1.29. The number of hydrogen-bond donors (Lipinski definition) is 3. The van der Waals surface area contributed by atoms with E-state index in [2.05, 4.69) is 22.3 Å². The number of hydrazine groups is 3. The predicted octanol–water partition coefficient (Wildman–Crippen LogP) is 0.998. The van der Waals surface area contributed by atoms with Crippen molar-refractivity contribution >= 4 is 5.91 Å². The van der Waals surface area contributed by atoms with Crippen molar-refractivity contribution in [3.8, 4) is 0 Å². The number of amides is 1. The topological polar surface area (TPSA) is 98.2 Å². The molecule has 190 valence electrons. The molecule has 0 radical (unpaired) electrons. The van der Waals surface area contributed by atoms with E-state index in [0.29, 0.717) is 25.2 Å². The van der Waals surface area contributed by atoms with E-state index in [1.807, 2.05) is 29.2 Å². The van der Waals surface area contributed by atoms with Crippen LogP contribution in [0.1, 0.15) is 48.3 Å². The van der Waals surface area contributed by atoms with Gasteiger partial charge in [-0.1, -0.05) is 30.6 Å². The molecule has 1 unspecified atom stereocenters. The Morgan fingerprint density at radius 1 is 1.00 bits per heavy atom. The van der Waals surface area contributed by atoms with Crippen molar-refractivity contribution in [3.05, 3.63) is 35.4 Å². The molecule has 1 atom stereocenters. The highest BCUT2D eigenvalue weighted by molar-refractivity contribution is 5.94. The van der Waals surface area contributed by atoms with Crippen LogP contribution in [-0.4, -0.2) is 119 Å². The fourth-order valence-electron chi connectivity index (χ4n) is 4.82. The number of carbonyl (C=O) groups excluding carboxylic acids is 1. The van der Waals surface area contributed by atoms with E-state index in [0.717, 1.165) is 87.8 Å². The minimum absolute atomic E-state index is 0.00576. The van der Waals surface area contributed by atoms with E-state index in [9.17, 15) is 15.2 Å². The van der Waals surface area contributed by atoms with Gasteiger partial charge in [0.05, 0.1) is 13.2 Å². The minimum atomic E-state index is -0.618. The summed E-state index contributed by atoms with van der Waals surface area (Å²) in [6.45, 7) is 11.7. The lowest BCUT2D eigenvalue weighted by Gasteiger charge is -2.35. The standard InChI is InChI=1S/C23H39N7O4/c1-2-3-10-28-22(29(32)24-30(28)33)20-6-4-7-21(19-20)23(31)27-13-11-25(12-14-27)8-5-9-26-15-17-34-18-16-26/h4,6-7,19,22,24,32-33H,2-3,5,8-18H2,1H3. The number of carbonyl (C=O) groups is 1. The van der Waals surface area contributed by atoms with Crippen LogP contribution in [0.25, 0.3) is 0 Å². The van der Waals surface area contributed by atoms with Crippen molar-refractivity contribution in [2.24, 2.45) is 0 Å². The summed E-state index contributed by atoms with van der Waals surface area (Å²) < 4.78 is 5.41. The van der Waals surface area contributed by atoms with E-state index in [-0.39, 0.29) is 5.91 Å². The van der Waals surface area contributed by atoms with Crippen LogP contribution in [0, 0.1) is 0 Å². The molecule has 3 N–H and O–H groups in total. The summed E-state index contributed by atoms with van der Waals surface area (Å²) in [6, 6.07) is 7.32. The van der Waals surface area contributed by atoms with Crippen molar-refractivity contribution in [1.29, 1.82) is 0 Å². The average Bonchev–Trinajstić information content (AvgIpc) is 3.16. The van der Waals surface area contributed by atoms with Gasteiger partial charge in [0.15, 0.2) is 0 Å². The van der Waals surface area contributed by atoms with Gasteiger partial charge in [0.25, 0.3) is 5.91 Å². The van der Waals surface area contributed by atoms with Gasteiger partial charge in [-0.2, -0.15) is 5.01 Å². The minimum Gasteiger partial charge on any atom is -0.379 e. The summed E-state index contributed by atoms with van der Waals surface area (Å²) >= 11 is 0. The fraction of sp³-hybridized carbons (Fsp3) is 0.696. The summed E-state index contributed by atoms with van der Waals surface area (Å²) in [5, 5.41) is 23.7. The number of nitrogens with one attached hydrogen (secondary N) is 1. The van der Waals surface area contributed by atoms with E-state index >= 15 is 0 Å². The van der Waals surface area contributed by atoms with Crippen LogP contribution < -0.4 is 5.53 Å². The lowest BCUT2D eigenvalue weighted by atomic mass is 10.1. The zero-order valence-electron chi connectivity index (χ0n) is 20.2. The summed E-state index contributed by atoms with van der Waals surface area (Å²) in [4.78, 5) is 20.0. The highest BCUT2D eigenvalue weighted by Crippen LogP contribution is 2.29. The molecule has 34 heavy (non-hydrogen) atoms. The molecular weight excluding hydrogens is 438 g/mol. The van der Waals surface area contributed by atoms with Gasteiger partial charge in [-0.15, -0.1) is 5.53 Å². The SMILES string of the molecule is CCCCN1C(c2cccc(C(=O)N3CCN(CCCN4CCOCC4)CC3)c2)N(O)NN1O. The van der Waals surface area contributed by atoms with Crippen molar-refractivity contribution < 1.29 is 19.9 Å². The second kappa shape index (κ2) is 12.3. The lowest BCUT2D eigenvalue weighted by Crippen LogP contribution is -2.49. The Bertz CT molecular complexity index is 786. The third kappa shape index (κ3) is 6.30. The largest absolute Gasteiger partial charge is 0.379 e. The van der Waals surface area contributed by atoms with E-state index in [4.69, 9.17) is 4.74 Å². The van der Waals surface area contributed by atoms with Crippen molar-refractivity contribution in [1.82, 2.24) is 35.7 Å². The van der Waals surface area contributed by atoms with Gasteiger partial charge >= 0.3 is 0 Å². The first-order chi connectivity index (χ1) is 16.6. The molecule has 1 amide bonds. The zero-order valence-corrected chi connectivity index (χ0v) is 20.2. The Morgan fingerprint density at radius 3 is 2.41 bits per heavy atom. The molecule has 4 rings (SSSR count). The van der Waals surface area contributed by atoms with Crippen LogP contribution in [0.4, 0.5) is 0 Å². The quantitative estimate of drug-likeness (QED) is 0.478. The molecule has 1 aromatic carbocycles. The molecule has 11 heteroatoms. The lowest BCUT2D eigenvalue weighted by molar-refractivity contribution is -0.273. The van der Waals surface area contributed by atoms with Gasteiger partial charge in [0, 0.05) is 51.4 Å². The highest BCUT2D eigenvalue weighted by atomic mass is 16.7. The first-order valence-corrected chi connectivity index (χ1v) is 12.5. The second-order valence-electron chi connectivity index (χ2n) is 9.19. The first-order valence-electron chi connectivity index (χ1n) is 12.5. The first kappa shape index (κ1) is 25.4. The molecule has 0 saturated carbocycles. The average molecular weight is 478 g/mol. The molecule has 0 aromatic heterocycles. The maximum Gasteiger partial charge on any atom is 0.253 e. The smallest absolute Gasteiger partial charge is 0.253 e. The van der Waals surface area contributed by atoms with Crippen molar-refractivity contribution in [3.63, 3.8) is 0 Å². The second-order valence-corrected chi connectivity index (χ2v) is 9.19. The number of nitrogens with zero attached hydrogens (tertiary/aromatic N) is 6. The summed E-state index contributed by atoms with van der Waals surface area (Å²) in [6.07, 6.45) is 2.34. The molecule has 3 heterocycles. The van der Waals surface area contributed by atoms with Crippen LogP contribution in [0.15, 0.2) is 24.3 Å². The van der Waals surface area contributed by atoms with Crippen LogP contribution >= 0.6 is 0 Å².